The maximum absolute atomic E-state index is 12.5. The Morgan fingerprint density at radius 3 is 2.46 bits per heavy atom. The molecule has 0 saturated heterocycles. The molecule has 2 aromatic rings. The van der Waals surface area contributed by atoms with Crippen molar-refractivity contribution in [1.82, 2.24) is 10.2 Å². The Labute approximate surface area is 170 Å². The lowest BCUT2D eigenvalue weighted by atomic mass is 10.1. The van der Waals surface area contributed by atoms with E-state index in [1.165, 1.54) is 23.1 Å². The molecular weight excluding hydrogens is 434 g/mol. The fourth-order valence-corrected chi connectivity index (χ4v) is 2.67. The average molecular weight is 453 g/mol. The molecular formula is C20H19BrF2N2O3. The molecule has 0 saturated carbocycles. The molecule has 0 fully saturated rings. The van der Waals surface area contributed by atoms with Crippen LogP contribution in [-0.4, -0.2) is 37.4 Å². The molecule has 0 spiro atoms. The molecule has 148 valence electrons. The van der Waals surface area contributed by atoms with Crippen LogP contribution in [0.3, 0.4) is 0 Å². The summed E-state index contributed by atoms with van der Waals surface area (Å²) in [6, 6.07) is 11.4. The highest BCUT2D eigenvalue weighted by molar-refractivity contribution is 9.10. The zero-order valence-corrected chi connectivity index (χ0v) is 16.9. The van der Waals surface area contributed by atoms with Crippen molar-refractivity contribution in [2.75, 3.05) is 14.1 Å². The van der Waals surface area contributed by atoms with Gasteiger partial charge in [-0.05, 0) is 42.0 Å². The van der Waals surface area contributed by atoms with Crippen LogP contribution in [0.15, 0.2) is 53.0 Å². The predicted molar refractivity (Wildman–Crippen MR) is 106 cm³/mol. The number of hydrogen-bond donors (Lipinski definition) is 1. The number of carbonyl (C=O) groups excluding carboxylic acids is 2. The van der Waals surface area contributed by atoms with Gasteiger partial charge in [0.15, 0.2) is 0 Å². The number of hydrogen-bond acceptors (Lipinski definition) is 3. The van der Waals surface area contributed by atoms with Gasteiger partial charge in [-0.2, -0.15) is 8.78 Å². The van der Waals surface area contributed by atoms with Gasteiger partial charge in [-0.1, -0.05) is 28.1 Å². The highest BCUT2D eigenvalue weighted by Crippen LogP contribution is 2.25. The zero-order chi connectivity index (χ0) is 20.7. The first kappa shape index (κ1) is 21.6. The van der Waals surface area contributed by atoms with Crippen molar-refractivity contribution in [2.45, 2.75) is 13.2 Å². The second-order valence-electron chi connectivity index (χ2n) is 6.01. The maximum Gasteiger partial charge on any atom is 0.387 e. The van der Waals surface area contributed by atoms with E-state index in [1.54, 1.807) is 50.5 Å². The molecule has 0 heterocycles. The smallest absolute Gasteiger partial charge is 0.387 e. The summed E-state index contributed by atoms with van der Waals surface area (Å²) < 4.78 is 30.0. The fraction of sp³-hybridized carbons (Fsp3) is 0.200. The molecule has 28 heavy (non-hydrogen) atoms. The lowest BCUT2D eigenvalue weighted by Crippen LogP contribution is -2.22. The van der Waals surface area contributed by atoms with E-state index in [1.807, 2.05) is 0 Å². The van der Waals surface area contributed by atoms with Crippen molar-refractivity contribution in [2.24, 2.45) is 0 Å². The van der Waals surface area contributed by atoms with Gasteiger partial charge < -0.3 is 15.0 Å². The van der Waals surface area contributed by atoms with E-state index in [-0.39, 0.29) is 18.2 Å². The Balaban J connectivity index is 1.97. The molecule has 0 atom stereocenters. The molecule has 0 aliphatic carbocycles. The second kappa shape index (κ2) is 9.98. The molecule has 0 bridgehead atoms. The summed E-state index contributed by atoms with van der Waals surface area (Å²) in [6.45, 7) is -2.69. The van der Waals surface area contributed by atoms with Gasteiger partial charge in [-0.25, -0.2) is 0 Å². The number of ether oxygens (including phenoxy) is 1. The average Bonchev–Trinajstić information content (AvgIpc) is 2.66. The lowest BCUT2D eigenvalue weighted by molar-refractivity contribution is -0.116. The van der Waals surface area contributed by atoms with E-state index in [2.05, 4.69) is 26.0 Å². The van der Waals surface area contributed by atoms with Crippen LogP contribution in [0.4, 0.5) is 8.78 Å². The van der Waals surface area contributed by atoms with Crippen molar-refractivity contribution >= 4 is 33.8 Å². The summed E-state index contributed by atoms with van der Waals surface area (Å²) in [7, 11) is 3.34. The monoisotopic (exact) mass is 452 g/mol. The summed E-state index contributed by atoms with van der Waals surface area (Å²) in [6.07, 6.45) is 2.64. The van der Waals surface area contributed by atoms with Crippen LogP contribution in [0.25, 0.3) is 6.08 Å². The Kier molecular flexibility index (Phi) is 7.69. The molecule has 2 amide bonds. The van der Waals surface area contributed by atoms with E-state index in [0.717, 1.165) is 5.56 Å². The van der Waals surface area contributed by atoms with Gasteiger partial charge in [0.2, 0.25) is 5.91 Å². The molecule has 2 aromatic carbocycles. The minimum atomic E-state index is -2.95. The van der Waals surface area contributed by atoms with E-state index in [9.17, 15) is 18.4 Å². The first-order valence-electron chi connectivity index (χ1n) is 8.27. The van der Waals surface area contributed by atoms with Crippen LogP contribution < -0.4 is 10.1 Å². The SMILES string of the molecule is CN(C)C(=O)c1ccc(CNC(=O)/C=C/c2cc(Br)ccc2OC(F)F)cc1. The number of halogens is 3. The summed E-state index contributed by atoms with van der Waals surface area (Å²) >= 11 is 3.25. The van der Waals surface area contributed by atoms with Gasteiger partial charge in [0.25, 0.3) is 5.91 Å². The third kappa shape index (κ3) is 6.45. The molecule has 1 N–H and O–H groups in total. The van der Waals surface area contributed by atoms with Crippen LogP contribution in [0.2, 0.25) is 0 Å². The summed E-state index contributed by atoms with van der Waals surface area (Å²) in [5.41, 5.74) is 1.72. The van der Waals surface area contributed by atoms with Crippen LogP contribution in [0.5, 0.6) is 5.75 Å². The van der Waals surface area contributed by atoms with Crippen LogP contribution >= 0.6 is 15.9 Å². The van der Waals surface area contributed by atoms with Gasteiger partial charge in [0, 0.05) is 42.3 Å². The van der Waals surface area contributed by atoms with Crippen molar-refractivity contribution in [3.8, 4) is 5.75 Å². The Morgan fingerprint density at radius 2 is 1.86 bits per heavy atom. The molecule has 0 aromatic heterocycles. The standard InChI is InChI=1S/C20H19BrF2N2O3/c1-25(2)19(27)14-5-3-13(4-6-14)12-24-18(26)10-7-15-11-16(21)8-9-17(15)28-20(22)23/h3-11,20H,12H2,1-2H3,(H,24,26)/b10-7+. The largest absolute Gasteiger partial charge is 0.434 e. The highest BCUT2D eigenvalue weighted by Gasteiger charge is 2.09. The summed E-state index contributed by atoms with van der Waals surface area (Å²) in [4.78, 5) is 25.3. The predicted octanol–water partition coefficient (Wildman–Crippen LogP) is 4.08. The number of rotatable bonds is 7. The Morgan fingerprint density at radius 1 is 1.18 bits per heavy atom. The van der Waals surface area contributed by atoms with Crippen molar-refractivity contribution in [3.05, 3.63) is 69.7 Å². The van der Waals surface area contributed by atoms with E-state index >= 15 is 0 Å². The van der Waals surface area contributed by atoms with E-state index in [4.69, 9.17) is 0 Å². The topological polar surface area (TPSA) is 58.6 Å². The lowest BCUT2D eigenvalue weighted by Gasteiger charge is -2.10. The third-order valence-electron chi connectivity index (χ3n) is 3.68. The van der Waals surface area contributed by atoms with Gasteiger partial charge >= 0.3 is 6.61 Å². The van der Waals surface area contributed by atoms with Crippen molar-refractivity contribution in [1.29, 1.82) is 0 Å². The van der Waals surface area contributed by atoms with Crippen molar-refractivity contribution < 1.29 is 23.1 Å². The molecule has 0 aliphatic heterocycles. The Hall–Kier alpha value is -2.74. The highest BCUT2D eigenvalue weighted by atomic mass is 79.9. The minimum absolute atomic E-state index is 0.0246. The number of benzene rings is 2. The van der Waals surface area contributed by atoms with Gasteiger partial charge in [-0.15, -0.1) is 0 Å². The molecule has 0 aliphatic rings. The molecule has 8 heteroatoms. The van der Waals surface area contributed by atoms with Crippen LogP contribution in [0.1, 0.15) is 21.5 Å². The van der Waals surface area contributed by atoms with Crippen molar-refractivity contribution in [3.63, 3.8) is 0 Å². The number of nitrogens with zero attached hydrogens (tertiary/aromatic N) is 1. The fourth-order valence-electron chi connectivity index (χ4n) is 2.29. The first-order valence-corrected chi connectivity index (χ1v) is 9.06. The molecule has 5 nitrogen and oxygen atoms in total. The maximum atomic E-state index is 12.5. The van der Waals surface area contributed by atoms with Gasteiger partial charge in [0.1, 0.15) is 5.75 Å². The molecule has 0 unspecified atom stereocenters. The number of carbonyl (C=O) groups is 2. The van der Waals surface area contributed by atoms with Gasteiger partial charge in [0.05, 0.1) is 0 Å². The van der Waals surface area contributed by atoms with E-state index < -0.39 is 12.5 Å². The first-order chi connectivity index (χ1) is 13.3. The normalized spacial score (nSPS) is 10.9. The number of amides is 2. The van der Waals surface area contributed by atoms with Crippen LogP contribution in [-0.2, 0) is 11.3 Å². The van der Waals surface area contributed by atoms with Gasteiger partial charge in [-0.3, -0.25) is 9.59 Å². The molecule has 0 radical (unpaired) electrons. The number of nitrogens with one attached hydrogen (secondary N) is 1. The zero-order valence-electron chi connectivity index (χ0n) is 15.3. The minimum Gasteiger partial charge on any atom is -0.434 e. The number of alkyl halides is 2. The van der Waals surface area contributed by atoms with Crippen LogP contribution in [0, 0.1) is 0 Å². The summed E-state index contributed by atoms with van der Waals surface area (Å²) in [5.74, 6) is -0.519. The third-order valence-corrected chi connectivity index (χ3v) is 4.17. The second-order valence-corrected chi connectivity index (χ2v) is 6.92. The Bertz CT molecular complexity index is 868. The summed E-state index contributed by atoms with van der Waals surface area (Å²) in [5, 5.41) is 2.69. The molecule has 2 rings (SSSR count). The van der Waals surface area contributed by atoms with E-state index in [0.29, 0.717) is 15.6 Å². The quantitative estimate of drug-likeness (QED) is 0.643.